The van der Waals surface area contributed by atoms with Gasteiger partial charge in [0.2, 0.25) is 5.91 Å². The molecule has 0 radical (unpaired) electrons. The Kier molecular flexibility index (Phi) is 3.65. The Hall–Kier alpha value is -1.84. The Morgan fingerprint density at radius 2 is 2.17 bits per heavy atom. The fourth-order valence-corrected chi connectivity index (χ4v) is 2.25. The molecule has 1 aromatic rings. The van der Waals surface area contributed by atoms with Gasteiger partial charge in [-0.05, 0) is 25.0 Å². The number of benzene rings is 1. The molecule has 4 nitrogen and oxygen atoms in total. The summed E-state index contributed by atoms with van der Waals surface area (Å²) in [4.78, 5) is 25.7. The van der Waals surface area contributed by atoms with Gasteiger partial charge in [-0.3, -0.25) is 9.59 Å². The number of aryl methyl sites for hydroxylation is 1. The van der Waals surface area contributed by atoms with Gasteiger partial charge in [0.05, 0.1) is 0 Å². The molecule has 0 aliphatic carbocycles. The van der Waals surface area contributed by atoms with E-state index in [0.717, 1.165) is 12.0 Å². The third-order valence-electron chi connectivity index (χ3n) is 3.39. The number of nitrogens with one attached hydrogen (secondary N) is 1. The highest BCUT2D eigenvalue weighted by molar-refractivity contribution is 5.99. The number of piperazine rings is 1. The summed E-state index contributed by atoms with van der Waals surface area (Å²) in [7, 11) is 0. The normalized spacial score (nSPS) is 19.6. The van der Waals surface area contributed by atoms with Crippen molar-refractivity contribution in [3.8, 4) is 0 Å². The van der Waals surface area contributed by atoms with Crippen LogP contribution in [0.3, 0.4) is 0 Å². The highest BCUT2D eigenvalue weighted by Crippen LogP contribution is 2.15. The number of hydrogen-bond acceptors (Lipinski definition) is 2. The van der Waals surface area contributed by atoms with E-state index in [-0.39, 0.29) is 11.8 Å². The standard InChI is InChI=1S/C14H18N2O2/c1-3-11-6-4-5-7-12(11)14(18)16-9-8-15-13(17)10(16)2/h4-7,10H,3,8-9H2,1-2H3,(H,15,17)/t10-/m0/s1. The lowest BCUT2D eigenvalue weighted by Crippen LogP contribution is -2.55. The fourth-order valence-electron chi connectivity index (χ4n) is 2.25. The van der Waals surface area contributed by atoms with E-state index < -0.39 is 6.04 Å². The minimum Gasteiger partial charge on any atom is -0.353 e. The first-order chi connectivity index (χ1) is 8.65. The molecule has 1 N–H and O–H groups in total. The van der Waals surface area contributed by atoms with E-state index in [1.807, 2.05) is 31.2 Å². The van der Waals surface area contributed by atoms with Gasteiger partial charge >= 0.3 is 0 Å². The van der Waals surface area contributed by atoms with Crippen LogP contribution in [0.2, 0.25) is 0 Å². The molecule has 2 rings (SSSR count). The van der Waals surface area contributed by atoms with Gasteiger partial charge in [-0.25, -0.2) is 0 Å². The van der Waals surface area contributed by atoms with Crippen molar-refractivity contribution < 1.29 is 9.59 Å². The van der Waals surface area contributed by atoms with Gasteiger partial charge in [-0.15, -0.1) is 0 Å². The van der Waals surface area contributed by atoms with Crippen LogP contribution in [0.15, 0.2) is 24.3 Å². The maximum Gasteiger partial charge on any atom is 0.254 e. The Balaban J connectivity index is 2.27. The second kappa shape index (κ2) is 5.21. The molecule has 0 spiro atoms. The van der Waals surface area contributed by atoms with Crippen LogP contribution in [0.4, 0.5) is 0 Å². The molecule has 0 bridgehead atoms. The lowest BCUT2D eigenvalue weighted by molar-refractivity contribution is -0.127. The maximum absolute atomic E-state index is 12.5. The van der Waals surface area contributed by atoms with Crippen LogP contribution < -0.4 is 5.32 Å². The third kappa shape index (κ3) is 2.23. The summed E-state index contributed by atoms with van der Waals surface area (Å²) in [5.74, 6) is -0.127. The largest absolute Gasteiger partial charge is 0.353 e. The zero-order valence-electron chi connectivity index (χ0n) is 10.8. The van der Waals surface area contributed by atoms with Gasteiger partial charge in [0.25, 0.3) is 5.91 Å². The van der Waals surface area contributed by atoms with Crippen molar-refractivity contribution in [2.24, 2.45) is 0 Å². The van der Waals surface area contributed by atoms with E-state index in [1.165, 1.54) is 0 Å². The predicted molar refractivity (Wildman–Crippen MR) is 69.3 cm³/mol. The van der Waals surface area contributed by atoms with Crippen LogP contribution in [0.5, 0.6) is 0 Å². The molecule has 0 unspecified atom stereocenters. The van der Waals surface area contributed by atoms with Crippen molar-refractivity contribution >= 4 is 11.8 Å². The molecule has 1 saturated heterocycles. The summed E-state index contributed by atoms with van der Waals surface area (Å²) in [6.45, 7) is 4.90. The average Bonchev–Trinajstić information content (AvgIpc) is 2.41. The second-order valence-electron chi connectivity index (χ2n) is 4.48. The predicted octanol–water partition coefficient (Wildman–Crippen LogP) is 1.21. The summed E-state index contributed by atoms with van der Waals surface area (Å²) >= 11 is 0. The summed E-state index contributed by atoms with van der Waals surface area (Å²) in [6, 6.07) is 7.20. The van der Waals surface area contributed by atoms with E-state index in [9.17, 15) is 9.59 Å². The SMILES string of the molecule is CCc1ccccc1C(=O)N1CCNC(=O)[C@@H]1C. The summed E-state index contributed by atoms with van der Waals surface area (Å²) in [5, 5.41) is 2.76. The smallest absolute Gasteiger partial charge is 0.254 e. The quantitative estimate of drug-likeness (QED) is 0.852. The number of amides is 2. The molecule has 0 saturated carbocycles. The lowest BCUT2D eigenvalue weighted by Gasteiger charge is -2.33. The molecule has 0 aromatic heterocycles. The van der Waals surface area contributed by atoms with Crippen LogP contribution in [-0.4, -0.2) is 35.8 Å². The fraction of sp³-hybridized carbons (Fsp3) is 0.429. The summed E-state index contributed by atoms with van der Waals surface area (Å²) in [5.41, 5.74) is 1.74. The molecule has 96 valence electrons. The molecule has 1 fully saturated rings. The number of nitrogens with zero attached hydrogens (tertiary/aromatic N) is 1. The second-order valence-corrected chi connectivity index (χ2v) is 4.48. The van der Waals surface area contributed by atoms with E-state index in [4.69, 9.17) is 0 Å². The monoisotopic (exact) mass is 246 g/mol. The average molecular weight is 246 g/mol. The van der Waals surface area contributed by atoms with Crippen LogP contribution in [-0.2, 0) is 11.2 Å². The molecular weight excluding hydrogens is 228 g/mol. The van der Waals surface area contributed by atoms with Crippen molar-refractivity contribution in [3.63, 3.8) is 0 Å². The Morgan fingerprint density at radius 1 is 1.44 bits per heavy atom. The topological polar surface area (TPSA) is 49.4 Å². The van der Waals surface area contributed by atoms with Crippen molar-refractivity contribution in [1.82, 2.24) is 10.2 Å². The molecule has 1 aliphatic rings. The minimum absolute atomic E-state index is 0.0465. The van der Waals surface area contributed by atoms with Crippen molar-refractivity contribution in [2.75, 3.05) is 13.1 Å². The molecule has 1 aromatic carbocycles. The van der Waals surface area contributed by atoms with E-state index in [2.05, 4.69) is 5.32 Å². The van der Waals surface area contributed by atoms with E-state index in [1.54, 1.807) is 11.8 Å². The highest BCUT2D eigenvalue weighted by atomic mass is 16.2. The number of carbonyl (C=O) groups is 2. The molecular formula is C14H18N2O2. The van der Waals surface area contributed by atoms with E-state index >= 15 is 0 Å². The Morgan fingerprint density at radius 3 is 2.89 bits per heavy atom. The molecule has 1 aliphatic heterocycles. The molecule has 1 atom stereocenters. The molecule has 4 heteroatoms. The molecule has 1 heterocycles. The van der Waals surface area contributed by atoms with Gasteiger partial charge in [0, 0.05) is 18.7 Å². The van der Waals surface area contributed by atoms with Crippen LogP contribution >= 0.6 is 0 Å². The Bertz CT molecular complexity index is 471. The first-order valence-corrected chi connectivity index (χ1v) is 6.31. The minimum atomic E-state index is -0.392. The van der Waals surface area contributed by atoms with Gasteiger partial charge in [0.1, 0.15) is 6.04 Å². The van der Waals surface area contributed by atoms with Gasteiger partial charge in [-0.1, -0.05) is 25.1 Å². The first kappa shape index (κ1) is 12.6. The van der Waals surface area contributed by atoms with Gasteiger partial charge in [-0.2, -0.15) is 0 Å². The number of hydrogen-bond donors (Lipinski definition) is 1. The van der Waals surface area contributed by atoms with Gasteiger partial charge in [0.15, 0.2) is 0 Å². The van der Waals surface area contributed by atoms with Crippen molar-refractivity contribution in [2.45, 2.75) is 26.3 Å². The van der Waals surface area contributed by atoms with Crippen LogP contribution in [0.25, 0.3) is 0 Å². The zero-order chi connectivity index (χ0) is 13.1. The summed E-state index contributed by atoms with van der Waals surface area (Å²) < 4.78 is 0. The maximum atomic E-state index is 12.5. The summed E-state index contributed by atoms with van der Waals surface area (Å²) in [6.07, 6.45) is 0.816. The molecule has 2 amide bonds. The number of carbonyl (C=O) groups excluding carboxylic acids is 2. The number of rotatable bonds is 2. The lowest BCUT2D eigenvalue weighted by atomic mass is 10.0. The van der Waals surface area contributed by atoms with Crippen LogP contribution in [0.1, 0.15) is 29.8 Å². The van der Waals surface area contributed by atoms with E-state index in [0.29, 0.717) is 18.7 Å². The first-order valence-electron chi connectivity index (χ1n) is 6.31. The third-order valence-corrected chi connectivity index (χ3v) is 3.39. The molecule has 18 heavy (non-hydrogen) atoms. The van der Waals surface area contributed by atoms with Crippen molar-refractivity contribution in [1.29, 1.82) is 0 Å². The van der Waals surface area contributed by atoms with Crippen molar-refractivity contribution in [3.05, 3.63) is 35.4 Å². The van der Waals surface area contributed by atoms with Gasteiger partial charge < -0.3 is 10.2 Å². The highest BCUT2D eigenvalue weighted by Gasteiger charge is 2.30. The zero-order valence-corrected chi connectivity index (χ0v) is 10.8. The van der Waals surface area contributed by atoms with Crippen LogP contribution in [0, 0.1) is 0 Å². The Labute approximate surface area is 107 Å².